The van der Waals surface area contributed by atoms with Crippen molar-refractivity contribution in [3.63, 3.8) is 0 Å². The zero-order valence-corrected chi connectivity index (χ0v) is 12.7. The lowest BCUT2D eigenvalue weighted by atomic mass is 10.2. The quantitative estimate of drug-likeness (QED) is 0.935. The topological polar surface area (TPSA) is 73.0 Å². The predicted octanol–water partition coefficient (Wildman–Crippen LogP) is 2.82. The van der Waals surface area contributed by atoms with Gasteiger partial charge < -0.3 is 5.73 Å². The van der Waals surface area contributed by atoms with Crippen molar-refractivity contribution >= 4 is 33.0 Å². The van der Waals surface area contributed by atoms with E-state index in [2.05, 4.69) is 4.98 Å². The summed E-state index contributed by atoms with van der Waals surface area (Å²) >= 11 is 11.8. The zero-order valence-electron chi connectivity index (χ0n) is 10.4. The molecule has 20 heavy (non-hydrogen) atoms. The molecule has 1 heterocycles. The van der Waals surface area contributed by atoms with E-state index in [0.717, 1.165) is 0 Å². The van der Waals surface area contributed by atoms with Crippen LogP contribution in [0.5, 0.6) is 0 Å². The second-order valence-electron chi connectivity index (χ2n) is 4.15. The van der Waals surface area contributed by atoms with Gasteiger partial charge in [0.15, 0.2) is 9.84 Å². The number of sulfone groups is 1. The molecule has 0 aliphatic carbocycles. The smallest absolute Gasteiger partial charge is 0.184 e. The maximum absolute atomic E-state index is 12.4. The minimum absolute atomic E-state index is 0.0125. The zero-order chi connectivity index (χ0) is 14.8. The number of rotatable bonds is 4. The van der Waals surface area contributed by atoms with Gasteiger partial charge in [-0.2, -0.15) is 0 Å². The SMILES string of the molecule is NCc1ncccc1CS(=O)(=O)c1cc(Cl)ccc1Cl. The van der Waals surface area contributed by atoms with Crippen LogP contribution >= 0.6 is 23.2 Å². The molecule has 1 aromatic heterocycles. The summed E-state index contributed by atoms with van der Waals surface area (Å²) in [5, 5.41) is 0.464. The maximum Gasteiger partial charge on any atom is 0.184 e. The number of hydrogen-bond acceptors (Lipinski definition) is 4. The number of nitrogens with two attached hydrogens (primary N) is 1. The van der Waals surface area contributed by atoms with Crippen molar-refractivity contribution in [1.29, 1.82) is 0 Å². The van der Waals surface area contributed by atoms with Gasteiger partial charge in [-0.15, -0.1) is 0 Å². The molecule has 0 aliphatic rings. The first-order valence-electron chi connectivity index (χ1n) is 5.74. The Balaban J connectivity index is 2.43. The molecule has 1 aromatic carbocycles. The molecule has 0 amide bonds. The molecule has 2 aromatic rings. The molecule has 0 saturated carbocycles. The first-order chi connectivity index (χ1) is 9.44. The van der Waals surface area contributed by atoms with Gasteiger partial charge in [0.1, 0.15) is 0 Å². The summed E-state index contributed by atoms with van der Waals surface area (Å²) in [5.74, 6) is -0.215. The van der Waals surface area contributed by atoms with Crippen LogP contribution in [-0.4, -0.2) is 13.4 Å². The van der Waals surface area contributed by atoms with Crippen LogP contribution in [0.25, 0.3) is 0 Å². The van der Waals surface area contributed by atoms with Crippen molar-refractivity contribution in [2.24, 2.45) is 5.73 Å². The number of benzene rings is 1. The minimum Gasteiger partial charge on any atom is -0.325 e. The van der Waals surface area contributed by atoms with Gasteiger partial charge in [0.2, 0.25) is 0 Å². The first kappa shape index (κ1) is 15.3. The molecule has 0 saturated heterocycles. The molecule has 0 aliphatic heterocycles. The second-order valence-corrected chi connectivity index (χ2v) is 6.95. The maximum atomic E-state index is 12.4. The van der Waals surface area contributed by atoms with Crippen molar-refractivity contribution in [2.75, 3.05) is 0 Å². The summed E-state index contributed by atoms with van der Waals surface area (Å²) in [6.07, 6.45) is 1.57. The molecule has 0 spiro atoms. The van der Waals surface area contributed by atoms with E-state index >= 15 is 0 Å². The first-order valence-corrected chi connectivity index (χ1v) is 8.15. The summed E-state index contributed by atoms with van der Waals surface area (Å²) in [7, 11) is -3.61. The van der Waals surface area contributed by atoms with E-state index < -0.39 is 9.84 Å². The highest BCUT2D eigenvalue weighted by Crippen LogP contribution is 2.28. The van der Waals surface area contributed by atoms with Gasteiger partial charge in [-0.05, 0) is 29.8 Å². The third-order valence-corrected chi connectivity index (χ3v) is 5.13. The number of aromatic nitrogens is 1. The monoisotopic (exact) mass is 330 g/mol. The number of hydrogen-bond donors (Lipinski definition) is 1. The lowest BCUT2D eigenvalue weighted by Gasteiger charge is -2.09. The van der Waals surface area contributed by atoms with Gasteiger partial charge >= 0.3 is 0 Å². The van der Waals surface area contributed by atoms with E-state index in [4.69, 9.17) is 28.9 Å². The van der Waals surface area contributed by atoms with Crippen molar-refractivity contribution in [2.45, 2.75) is 17.2 Å². The Morgan fingerprint density at radius 1 is 1.20 bits per heavy atom. The third-order valence-electron chi connectivity index (χ3n) is 2.75. The summed E-state index contributed by atoms with van der Waals surface area (Å²) in [5.41, 5.74) is 6.67. The van der Waals surface area contributed by atoms with Crippen molar-refractivity contribution in [3.05, 3.63) is 57.8 Å². The van der Waals surface area contributed by atoms with E-state index in [-0.39, 0.29) is 22.2 Å². The fraction of sp³-hybridized carbons (Fsp3) is 0.154. The molecule has 0 radical (unpaired) electrons. The molecule has 0 atom stereocenters. The number of nitrogens with zero attached hydrogens (tertiary/aromatic N) is 1. The second kappa shape index (κ2) is 6.10. The van der Waals surface area contributed by atoms with E-state index in [9.17, 15) is 8.42 Å². The molecule has 106 valence electrons. The average molecular weight is 331 g/mol. The van der Waals surface area contributed by atoms with Crippen LogP contribution in [0.4, 0.5) is 0 Å². The van der Waals surface area contributed by atoms with E-state index in [1.165, 1.54) is 18.2 Å². The Kier molecular flexibility index (Phi) is 4.65. The van der Waals surface area contributed by atoms with Crippen molar-refractivity contribution in [1.82, 2.24) is 4.98 Å². The molecule has 2 N–H and O–H groups in total. The summed E-state index contributed by atoms with van der Waals surface area (Å²) in [6.45, 7) is 0.176. The fourth-order valence-corrected chi connectivity index (χ4v) is 3.99. The fourth-order valence-electron chi connectivity index (χ4n) is 1.78. The standard InChI is InChI=1S/C13H12Cl2N2O2S/c14-10-3-4-11(15)13(6-10)20(18,19)8-9-2-1-5-17-12(9)7-16/h1-6H,7-8,16H2. The van der Waals surface area contributed by atoms with Gasteiger partial charge in [0.05, 0.1) is 21.4 Å². The predicted molar refractivity (Wildman–Crippen MR) is 79.5 cm³/mol. The van der Waals surface area contributed by atoms with Gasteiger partial charge in [-0.25, -0.2) is 8.42 Å². The Morgan fingerprint density at radius 2 is 1.95 bits per heavy atom. The molecule has 4 nitrogen and oxygen atoms in total. The highest BCUT2D eigenvalue weighted by molar-refractivity contribution is 7.90. The molecular weight excluding hydrogens is 319 g/mol. The molecular formula is C13H12Cl2N2O2S. The third kappa shape index (κ3) is 3.30. The van der Waals surface area contributed by atoms with Gasteiger partial charge in [-0.1, -0.05) is 29.3 Å². The lowest BCUT2D eigenvalue weighted by Crippen LogP contribution is -2.10. The minimum atomic E-state index is -3.61. The lowest BCUT2D eigenvalue weighted by molar-refractivity contribution is 0.595. The van der Waals surface area contributed by atoms with Crippen molar-refractivity contribution in [3.8, 4) is 0 Å². The normalized spacial score (nSPS) is 11.6. The number of pyridine rings is 1. The summed E-state index contributed by atoms with van der Waals surface area (Å²) in [4.78, 5) is 4.08. The molecule has 7 heteroatoms. The van der Waals surface area contributed by atoms with E-state index in [1.807, 2.05) is 0 Å². The van der Waals surface area contributed by atoms with Gasteiger partial charge in [0.25, 0.3) is 0 Å². The average Bonchev–Trinajstić information content (AvgIpc) is 2.41. The van der Waals surface area contributed by atoms with Crippen LogP contribution in [0.15, 0.2) is 41.4 Å². The summed E-state index contributed by atoms with van der Waals surface area (Å²) < 4.78 is 24.9. The van der Waals surface area contributed by atoms with Crippen LogP contribution in [-0.2, 0) is 22.1 Å². The van der Waals surface area contributed by atoms with E-state index in [1.54, 1.807) is 18.3 Å². The summed E-state index contributed by atoms with van der Waals surface area (Å²) in [6, 6.07) is 7.70. The number of halogens is 2. The Bertz CT molecular complexity index is 733. The molecule has 0 bridgehead atoms. The van der Waals surface area contributed by atoms with Crippen LogP contribution < -0.4 is 5.73 Å². The molecule has 2 rings (SSSR count). The largest absolute Gasteiger partial charge is 0.325 e. The van der Waals surface area contributed by atoms with Crippen LogP contribution in [0.3, 0.4) is 0 Å². The molecule has 0 fully saturated rings. The van der Waals surface area contributed by atoms with Gasteiger partial charge in [-0.3, -0.25) is 4.98 Å². The van der Waals surface area contributed by atoms with E-state index in [0.29, 0.717) is 16.3 Å². The highest BCUT2D eigenvalue weighted by Gasteiger charge is 2.20. The van der Waals surface area contributed by atoms with Crippen LogP contribution in [0.1, 0.15) is 11.3 Å². The van der Waals surface area contributed by atoms with Gasteiger partial charge in [0, 0.05) is 17.8 Å². The van der Waals surface area contributed by atoms with Crippen molar-refractivity contribution < 1.29 is 8.42 Å². The Labute approximate surface area is 127 Å². The molecule has 0 unspecified atom stereocenters. The highest BCUT2D eigenvalue weighted by atomic mass is 35.5. The van der Waals surface area contributed by atoms with Crippen LogP contribution in [0, 0.1) is 0 Å². The Morgan fingerprint density at radius 3 is 2.65 bits per heavy atom. The Hall–Kier alpha value is -1.14. The van der Waals surface area contributed by atoms with Crippen LogP contribution in [0.2, 0.25) is 10.0 Å².